The molecule has 2 aromatic rings. The highest BCUT2D eigenvalue weighted by molar-refractivity contribution is 7.90. The van der Waals surface area contributed by atoms with Crippen molar-refractivity contribution in [3.05, 3.63) is 48.2 Å². The molecule has 3 N–H and O–H groups in total. The Morgan fingerprint density at radius 1 is 1.20 bits per heavy atom. The molecule has 0 atom stereocenters. The molecule has 1 aromatic carbocycles. The summed E-state index contributed by atoms with van der Waals surface area (Å²) in [6, 6.07) is 9.87. The molecule has 6 nitrogen and oxygen atoms in total. The largest absolute Gasteiger partial charge is 0.489 e. The molecule has 0 spiro atoms. The van der Waals surface area contributed by atoms with Gasteiger partial charge < -0.3 is 10.2 Å². The van der Waals surface area contributed by atoms with E-state index in [-0.39, 0.29) is 4.90 Å². The van der Waals surface area contributed by atoms with Crippen molar-refractivity contribution < 1.29 is 13.2 Å². The molecule has 0 fully saturated rings. The molecule has 0 aliphatic heterocycles. The van der Waals surface area contributed by atoms with Crippen LogP contribution in [0.3, 0.4) is 0 Å². The minimum atomic E-state index is -3.18. The van der Waals surface area contributed by atoms with E-state index in [0.29, 0.717) is 18.2 Å². The van der Waals surface area contributed by atoms with Gasteiger partial charge in [-0.1, -0.05) is 6.07 Å². The number of benzene rings is 1. The van der Waals surface area contributed by atoms with Gasteiger partial charge in [-0.05, 0) is 30.3 Å². The van der Waals surface area contributed by atoms with E-state index in [1.165, 1.54) is 18.4 Å². The fourth-order valence-electron chi connectivity index (χ4n) is 1.54. The van der Waals surface area contributed by atoms with Gasteiger partial charge in [-0.3, -0.25) is 0 Å². The number of aromatic nitrogens is 1. The smallest absolute Gasteiger partial charge is 0.175 e. The Morgan fingerprint density at radius 2 is 1.90 bits per heavy atom. The molecule has 1 aromatic heterocycles. The van der Waals surface area contributed by atoms with Gasteiger partial charge in [-0.15, -0.1) is 0 Å². The van der Waals surface area contributed by atoms with Gasteiger partial charge in [-0.2, -0.15) is 0 Å². The van der Waals surface area contributed by atoms with Gasteiger partial charge >= 0.3 is 0 Å². The van der Waals surface area contributed by atoms with E-state index in [4.69, 9.17) is 10.6 Å². The van der Waals surface area contributed by atoms with Crippen molar-refractivity contribution in [1.82, 2.24) is 4.98 Å². The van der Waals surface area contributed by atoms with Crippen molar-refractivity contribution in [3.8, 4) is 5.75 Å². The summed E-state index contributed by atoms with van der Waals surface area (Å²) in [5, 5.41) is 0. The quantitative estimate of drug-likeness (QED) is 0.638. The summed E-state index contributed by atoms with van der Waals surface area (Å²) in [5.41, 5.74) is 3.32. The molecule has 0 saturated carbocycles. The molecule has 0 aliphatic rings. The molecule has 0 radical (unpaired) electrons. The number of nitrogens with zero attached hydrogens (tertiary/aromatic N) is 1. The van der Waals surface area contributed by atoms with Gasteiger partial charge in [-0.25, -0.2) is 19.2 Å². The lowest BCUT2D eigenvalue weighted by Crippen LogP contribution is -2.08. The summed E-state index contributed by atoms with van der Waals surface area (Å²) in [5.74, 6) is 6.39. The Morgan fingerprint density at radius 3 is 2.40 bits per heavy atom. The lowest BCUT2D eigenvalue weighted by molar-refractivity contribution is 0.305. The van der Waals surface area contributed by atoms with Gasteiger partial charge in [0.15, 0.2) is 9.84 Å². The summed E-state index contributed by atoms with van der Waals surface area (Å²) in [6.45, 7) is 0.343. The second-order valence-corrected chi connectivity index (χ2v) is 6.24. The van der Waals surface area contributed by atoms with Gasteiger partial charge in [0.2, 0.25) is 0 Å². The topological polar surface area (TPSA) is 94.3 Å². The van der Waals surface area contributed by atoms with E-state index >= 15 is 0 Å². The molecule has 7 heteroatoms. The number of hydrazine groups is 1. The SMILES string of the molecule is CS(=O)(=O)c1ccc(OCc2ccc(NN)nc2)cc1. The maximum absolute atomic E-state index is 11.3. The highest BCUT2D eigenvalue weighted by Gasteiger charge is 2.06. The third-order valence-electron chi connectivity index (χ3n) is 2.63. The number of sulfone groups is 1. The Hall–Kier alpha value is -2.12. The molecule has 0 amide bonds. The van der Waals surface area contributed by atoms with Crippen LogP contribution in [0.25, 0.3) is 0 Å². The van der Waals surface area contributed by atoms with E-state index in [1.54, 1.807) is 24.4 Å². The van der Waals surface area contributed by atoms with Crippen molar-refractivity contribution in [2.24, 2.45) is 5.84 Å². The van der Waals surface area contributed by atoms with E-state index < -0.39 is 9.84 Å². The average molecular weight is 293 g/mol. The molecule has 106 valence electrons. The summed E-state index contributed by atoms with van der Waals surface area (Å²) < 4.78 is 28.2. The van der Waals surface area contributed by atoms with Crippen LogP contribution in [0.1, 0.15) is 5.56 Å². The van der Waals surface area contributed by atoms with Gasteiger partial charge in [0.05, 0.1) is 4.90 Å². The normalized spacial score (nSPS) is 11.1. The number of hydrogen-bond acceptors (Lipinski definition) is 6. The highest BCUT2D eigenvalue weighted by Crippen LogP contribution is 2.17. The average Bonchev–Trinajstić information content (AvgIpc) is 2.45. The number of hydrogen-bond donors (Lipinski definition) is 2. The van der Waals surface area contributed by atoms with Crippen LogP contribution in [0.15, 0.2) is 47.5 Å². The van der Waals surface area contributed by atoms with Gasteiger partial charge in [0.25, 0.3) is 0 Å². The molecule has 0 bridgehead atoms. The van der Waals surface area contributed by atoms with E-state index in [1.807, 2.05) is 6.07 Å². The third-order valence-corrected chi connectivity index (χ3v) is 3.76. The molecule has 0 aliphatic carbocycles. The zero-order valence-electron chi connectivity index (χ0n) is 10.9. The number of nitrogens with two attached hydrogens (primary N) is 1. The monoisotopic (exact) mass is 293 g/mol. The number of anilines is 1. The molecular formula is C13H15N3O3S. The molecular weight excluding hydrogens is 278 g/mol. The lowest BCUT2D eigenvalue weighted by Gasteiger charge is -2.07. The van der Waals surface area contributed by atoms with Crippen molar-refractivity contribution in [2.45, 2.75) is 11.5 Å². The Labute approximate surface area is 117 Å². The van der Waals surface area contributed by atoms with Gasteiger partial charge in [0.1, 0.15) is 18.2 Å². The Balaban J connectivity index is 2.00. The third kappa shape index (κ3) is 3.69. The summed E-state index contributed by atoms with van der Waals surface area (Å²) in [7, 11) is -3.18. The summed E-state index contributed by atoms with van der Waals surface area (Å²) in [6.07, 6.45) is 2.82. The maximum atomic E-state index is 11.3. The van der Waals surface area contributed by atoms with Gasteiger partial charge in [0, 0.05) is 18.0 Å². The second-order valence-electron chi connectivity index (χ2n) is 4.23. The summed E-state index contributed by atoms with van der Waals surface area (Å²) in [4.78, 5) is 4.33. The Bertz CT molecular complexity index is 667. The molecule has 2 rings (SSSR count). The molecule has 0 unspecified atom stereocenters. The van der Waals surface area contributed by atoms with Crippen LogP contribution in [0, 0.1) is 0 Å². The molecule has 0 saturated heterocycles. The predicted octanol–water partition coefficient (Wildman–Crippen LogP) is 1.35. The number of nitrogens with one attached hydrogen (secondary N) is 1. The van der Waals surface area contributed by atoms with Crippen LogP contribution in [0.4, 0.5) is 5.82 Å². The van der Waals surface area contributed by atoms with Crippen LogP contribution in [-0.2, 0) is 16.4 Å². The standard InChI is InChI=1S/C13H15N3O3S/c1-20(17,18)12-5-3-11(4-6-12)19-9-10-2-7-13(16-14)15-8-10/h2-8H,9,14H2,1H3,(H,15,16). The van der Waals surface area contributed by atoms with Crippen LogP contribution < -0.4 is 16.0 Å². The lowest BCUT2D eigenvalue weighted by atomic mass is 10.3. The predicted molar refractivity (Wildman–Crippen MR) is 75.9 cm³/mol. The minimum absolute atomic E-state index is 0.268. The first kappa shape index (κ1) is 14.3. The maximum Gasteiger partial charge on any atom is 0.175 e. The first-order valence-electron chi connectivity index (χ1n) is 5.83. The van der Waals surface area contributed by atoms with E-state index in [9.17, 15) is 8.42 Å². The fraction of sp³-hybridized carbons (Fsp3) is 0.154. The van der Waals surface area contributed by atoms with Crippen molar-refractivity contribution in [1.29, 1.82) is 0 Å². The number of ether oxygens (including phenoxy) is 1. The number of pyridine rings is 1. The van der Waals surface area contributed by atoms with Crippen molar-refractivity contribution in [3.63, 3.8) is 0 Å². The fourth-order valence-corrected chi connectivity index (χ4v) is 2.18. The van der Waals surface area contributed by atoms with Crippen molar-refractivity contribution in [2.75, 3.05) is 11.7 Å². The first-order chi connectivity index (χ1) is 9.49. The number of nitrogen functional groups attached to an aromatic ring is 1. The summed E-state index contributed by atoms with van der Waals surface area (Å²) >= 11 is 0. The Kier molecular flexibility index (Phi) is 4.21. The highest BCUT2D eigenvalue weighted by atomic mass is 32.2. The second kappa shape index (κ2) is 5.89. The van der Waals surface area contributed by atoms with E-state index in [2.05, 4.69) is 10.4 Å². The zero-order valence-corrected chi connectivity index (χ0v) is 11.7. The molecule has 1 heterocycles. The van der Waals surface area contributed by atoms with Crippen LogP contribution >= 0.6 is 0 Å². The van der Waals surface area contributed by atoms with Crippen LogP contribution in [0.2, 0.25) is 0 Å². The zero-order chi connectivity index (χ0) is 14.6. The van der Waals surface area contributed by atoms with E-state index in [0.717, 1.165) is 5.56 Å². The van der Waals surface area contributed by atoms with Crippen LogP contribution in [0.5, 0.6) is 5.75 Å². The first-order valence-corrected chi connectivity index (χ1v) is 7.72. The number of rotatable bonds is 5. The minimum Gasteiger partial charge on any atom is -0.489 e. The van der Waals surface area contributed by atoms with Crippen molar-refractivity contribution >= 4 is 15.7 Å². The van der Waals surface area contributed by atoms with Crippen LogP contribution in [-0.4, -0.2) is 19.7 Å². The molecule has 20 heavy (non-hydrogen) atoms.